The van der Waals surface area contributed by atoms with Gasteiger partial charge in [-0.15, -0.1) is 0 Å². The normalized spacial score (nSPS) is 19.3. The van der Waals surface area contributed by atoms with Crippen LogP contribution in [0.1, 0.15) is 31.2 Å². The lowest BCUT2D eigenvalue weighted by atomic mass is 10.0. The van der Waals surface area contributed by atoms with Gasteiger partial charge in [0.1, 0.15) is 0 Å². The molecule has 1 aliphatic rings. The Morgan fingerprint density at radius 2 is 2.20 bits per heavy atom. The van der Waals surface area contributed by atoms with E-state index in [1.54, 1.807) is 6.20 Å². The highest BCUT2D eigenvalue weighted by Gasteiger charge is 2.33. The zero-order chi connectivity index (χ0) is 10.6. The molecule has 1 fully saturated rings. The molecule has 1 saturated carbocycles. The van der Waals surface area contributed by atoms with Gasteiger partial charge in [-0.2, -0.15) is 0 Å². The van der Waals surface area contributed by atoms with Gasteiger partial charge in [0.25, 0.3) is 0 Å². The highest BCUT2D eigenvalue weighted by atomic mass is 16.5. The molecule has 2 rings (SSSR count). The first-order valence-corrected chi connectivity index (χ1v) is 5.58. The lowest BCUT2D eigenvalue weighted by Crippen LogP contribution is -2.37. The van der Waals surface area contributed by atoms with Crippen molar-refractivity contribution < 1.29 is 4.74 Å². The van der Waals surface area contributed by atoms with E-state index in [1.165, 1.54) is 12.8 Å². The van der Waals surface area contributed by atoms with E-state index in [0.717, 1.165) is 18.4 Å². The third-order valence-corrected chi connectivity index (χ3v) is 3.15. The Labute approximate surface area is 90.7 Å². The van der Waals surface area contributed by atoms with Gasteiger partial charge in [0.15, 0.2) is 0 Å². The number of rotatable bonds is 4. The van der Waals surface area contributed by atoms with E-state index in [1.807, 2.05) is 18.3 Å². The van der Waals surface area contributed by atoms with Gasteiger partial charge in [-0.25, -0.2) is 0 Å². The zero-order valence-electron chi connectivity index (χ0n) is 8.98. The molecular weight excluding hydrogens is 188 g/mol. The van der Waals surface area contributed by atoms with Gasteiger partial charge < -0.3 is 10.5 Å². The second-order valence-corrected chi connectivity index (χ2v) is 4.24. The molecule has 1 aliphatic carbocycles. The molecule has 1 aromatic rings. The van der Waals surface area contributed by atoms with Crippen LogP contribution in [0, 0.1) is 0 Å². The van der Waals surface area contributed by atoms with Gasteiger partial charge in [-0.05, 0) is 24.5 Å². The monoisotopic (exact) mass is 206 g/mol. The summed E-state index contributed by atoms with van der Waals surface area (Å²) in [5, 5.41) is 0. The van der Waals surface area contributed by atoms with E-state index >= 15 is 0 Å². The van der Waals surface area contributed by atoms with Crippen LogP contribution in [0.5, 0.6) is 0 Å². The largest absolute Gasteiger partial charge is 0.369 e. The first-order valence-electron chi connectivity index (χ1n) is 5.58. The fourth-order valence-corrected chi connectivity index (χ4v) is 2.15. The summed E-state index contributed by atoms with van der Waals surface area (Å²) in [5.74, 6) is 0. The van der Waals surface area contributed by atoms with Crippen molar-refractivity contribution in [3.05, 3.63) is 30.1 Å². The number of nitrogens with two attached hydrogens (primary N) is 1. The Bertz CT molecular complexity index is 294. The van der Waals surface area contributed by atoms with Crippen LogP contribution < -0.4 is 5.73 Å². The van der Waals surface area contributed by atoms with Crippen LogP contribution in [0.2, 0.25) is 0 Å². The quantitative estimate of drug-likeness (QED) is 0.818. The highest BCUT2D eigenvalue weighted by Crippen LogP contribution is 2.32. The lowest BCUT2D eigenvalue weighted by Gasteiger charge is -2.27. The minimum Gasteiger partial charge on any atom is -0.369 e. The van der Waals surface area contributed by atoms with Crippen molar-refractivity contribution in [3.8, 4) is 0 Å². The van der Waals surface area contributed by atoms with Crippen molar-refractivity contribution in [2.75, 3.05) is 6.54 Å². The third-order valence-electron chi connectivity index (χ3n) is 3.15. The van der Waals surface area contributed by atoms with Gasteiger partial charge in [0.2, 0.25) is 0 Å². The molecule has 2 N–H and O–H groups in total. The Morgan fingerprint density at radius 3 is 2.80 bits per heavy atom. The summed E-state index contributed by atoms with van der Waals surface area (Å²) in [6, 6.07) is 3.97. The zero-order valence-corrected chi connectivity index (χ0v) is 8.98. The summed E-state index contributed by atoms with van der Waals surface area (Å²) in [5.41, 5.74) is 6.86. The second-order valence-electron chi connectivity index (χ2n) is 4.24. The molecule has 3 nitrogen and oxygen atoms in total. The molecule has 0 saturated heterocycles. The van der Waals surface area contributed by atoms with Gasteiger partial charge in [0.05, 0.1) is 12.2 Å². The number of hydrogen-bond acceptors (Lipinski definition) is 3. The number of pyridine rings is 1. The second kappa shape index (κ2) is 4.73. The van der Waals surface area contributed by atoms with E-state index < -0.39 is 0 Å². The molecule has 0 bridgehead atoms. The average molecular weight is 206 g/mol. The fourth-order valence-electron chi connectivity index (χ4n) is 2.15. The molecule has 0 unspecified atom stereocenters. The molecule has 3 heteroatoms. The van der Waals surface area contributed by atoms with Crippen molar-refractivity contribution in [2.24, 2.45) is 5.73 Å². The van der Waals surface area contributed by atoms with Crippen LogP contribution in [0.15, 0.2) is 24.5 Å². The SMILES string of the molecule is NCC1(OCc2cccnc2)CCCC1. The molecule has 0 radical (unpaired) electrons. The predicted octanol–water partition coefficient (Wildman–Crippen LogP) is 1.87. The Kier molecular flexibility index (Phi) is 3.34. The van der Waals surface area contributed by atoms with Gasteiger partial charge in [-0.1, -0.05) is 18.9 Å². The minimum absolute atomic E-state index is 0.0597. The van der Waals surface area contributed by atoms with E-state index in [2.05, 4.69) is 4.98 Å². The van der Waals surface area contributed by atoms with Crippen molar-refractivity contribution in [1.29, 1.82) is 0 Å². The standard InChI is InChI=1S/C12H18N2O/c13-10-12(5-1-2-6-12)15-9-11-4-3-7-14-8-11/h3-4,7-8H,1-2,5-6,9-10,13H2. The topological polar surface area (TPSA) is 48.1 Å². The van der Waals surface area contributed by atoms with Crippen molar-refractivity contribution in [3.63, 3.8) is 0 Å². The molecule has 1 heterocycles. The first-order chi connectivity index (χ1) is 7.35. The van der Waals surface area contributed by atoms with Crippen LogP contribution in [0.3, 0.4) is 0 Å². The van der Waals surface area contributed by atoms with E-state index in [4.69, 9.17) is 10.5 Å². The maximum Gasteiger partial charge on any atom is 0.0808 e. The van der Waals surface area contributed by atoms with E-state index in [0.29, 0.717) is 13.2 Å². The van der Waals surface area contributed by atoms with Gasteiger partial charge in [0, 0.05) is 18.9 Å². The van der Waals surface area contributed by atoms with Crippen LogP contribution in [-0.4, -0.2) is 17.1 Å². The molecule has 1 aromatic heterocycles. The Hall–Kier alpha value is -0.930. The Balaban J connectivity index is 1.92. The lowest BCUT2D eigenvalue weighted by molar-refractivity contribution is -0.0449. The highest BCUT2D eigenvalue weighted by molar-refractivity contribution is 5.07. The molecule has 0 amide bonds. The first kappa shape index (κ1) is 10.6. The number of nitrogens with zero attached hydrogens (tertiary/aromatic N) is 1. The van der Waals surface area contributed by atoms with E-state index in [-0.39, 0.29) is 5.60 Å². The van der Waals surface area contributed by atoms with Gasteiger partial charge >= 0.3 is 0 Å². The predicted molar refractivity (Wildman–Crippen MR) is 59.3 cm³/mol. The summed E-state index contributed by atoms with van der Waals surface area (Å²) in [7, 11) is 0. The number of ether oxygens (including phenoxy) is 1. The summed E-state index contributed by atoms with van der Waals surface area (Å²) >= 11 is 0. The van der Waals surface area contributed by atoms with E-state index in [9.17, 15) is 0 Å². The fraction of sp³-hybridized carbons (Fsp3) is 0.583. The van der Waals surface area contributed by atoms with Crippen molar-refractivity contribution in [2.45, 2.75) is 37.9 Å². The summed E-state index contributed by atoms with van der Waals surface area (Å²) in [6.07, 6.45) is 8.30. The summed E-state index contributed by atoms with van der Waals surface area (Å²) in [6.45, 7) is 1.26. The van der Waals surface area contributed by atoms with Crippen molar-refractivity contribution >= 4 is 0 Å². The smallest absolute Gasteiger partial charge is 0.0808 e. The Morgan fingerprint density at radius 1 is 1.40 bits per heavy atom. The van der Waals surface area contributed by atoms with Crippen LogP contribution in [0.4, 0.5) is 0 Å². The van der Waals surface area contributed by atoms with Crippen molar-refractivity contribution in [1.82, 2.24) is 4.98 Å². The molecular formula is C12H18N2O. The van der Waals surface area contributed by atoms with Crippen LogP contribution in [-0.2, 0) is 11.3 Å². The maximum absolute atomic E-state index is 5.96. The average Bonchev–Trinajstić information content (AvgIpc) is 2.77. The molecule has 0 spiro atoms. The number of aromatic nitrogens is 1. The number of hydrogen-bond donors (Lipinski definition) is 1. The van der Waals surface area contributed by atoms with Crippen LogP contribution in [0.25, 0.3) is 0 Å². The summed E-state index contributed by atoms with van der Waals surface area (Å²) < 4.78 is 5.96. The third kappa shape index (κ3) is 2.55. The van der Waals surface area contributed by atoms with Gasteiger partial charge in [-0.3, -0.25) is 4.98 Å². The summed E-state index contributed by atoms with van der Waals surface area (Å²) in [4.78, 5) is 4.07. The minimum atomic E-state index is -0.0597. The molecule has 15 heavy (non-hydrogen) atoms. The molecule has 82 valence electrons. The molecule has 0 aromatic carbocycles. The molecule has 0 aliphatic heterocycles. The molecule has 0 atom stereocenters. The maximum atomic E-state index is 5.96. The van der Waals surface area contributed by atoms with Crippen LogP contribution >= 0.6 is 0 Å².